The Labute approximate surface area is 170 Å². The van der Waals surface area contributed by atoms with Crippen molar-refractivity contribution in [3.8, 4) is 0 Å². The van der Waals surface area contributed by atoms with Crippen LogP contribution in [0.4, 0.5) is 10.1 Å². The molecule has 0 radical (unpaired) electrons. The molecule has 5 nitrogen and oxygen atoms in total. The Morgan fingerprint density at radius 3 is 2.43 bits per heavy atom. The van der Waals surface area contributed by atoms with Gasteiger partial charge in [-0.25, -0.2) is 14.2 Å². The molecule has 1 heterocycles. The lowest BCUT2D eigenvalue weighted by Crippen LogP contribution is -2.28. The summed E-state index contributed by atoms with van der Waals surface area (Å²) in [7, 11) is 0. The molecule has 1 amide bonds. The van der Waals surface area contributed by atoms with Crippen LogP contribution in [0.1, 0.15) is 25.3 Å². The van der Waals surface area contributed by atoms with Gasteiger partial charge in [-0.1, -0.05) is 35.0 Å². The van der Waals surface area contributed by atoms with E-state index in [1.54, 1.807) is 12.1 Å². The fraction of sp³-hybridized carbons (Fsp3) is 0.190. The summed E-state index contributed by atoms with van der Waals surface area (Å²) in [4.78, 5) is 24.7. The summed E-state index contributed by atoms with van der Waals surface area (Å²) in [5.74, 6) is -2.41. The summed E-state index contributed by atoms with van der Waals surface area (Å²) >= 11 is 3.36. The summed E-state index contributed by atoms with van der Waals surface area (Å²) in [6.45, 7) is 1.88. The minimum Gasteiger partial charge on any atom is -0.478 e. The van der Waals surface area contributed by atoms with Crippen LogP contribution in [0, 0.1) is 11.7 Å². The number of carbonyl (C=O) groups excluding carboxylic acids is 1. The van der Waals surface area contributed by atoms with Gasteiger partial charge in [-0.05, 0) is 60.9 Å². The molecule has 2 aromatic rings. The van der Waals surface area contributed by atoms with E-state index in [0.29, 0.717) is 23.4 Å². The second-order valence-electron chi connectivity index (χ2n) is 6.35. The van der Waals surface area contributed by atoms with Crippen LogP contribution in [-0.2, 0) is 9.59 Å². The van der Waals surface area contributed by atoms with Gasteiger partial charge in [0.2, 0.25) is 0 Å². The van der Waals surface area contributed by atoms with Gasteiger partial charge in [-0.15, -0.1) is 0 Å². The third kappa shape index (κ3) is 4.36. The van der Waals surface area contributed by atoms with Gasteiger partial charge in [0.25, 0.3) is 5.91 Å². The minimum absolute atomic E-state index is 0.0191. The maximum absolute atomic E-state index is 13.1. The van der Waals surface area contributed by atoms with Crippen LogP contribution in [0.15, 0.2) is 63.7 Å². The van der Waals surface area contributed by atoms with E-state index >= 15 is 0 Å². The molecule has 0 aromatic heterocycles. The number of amides is 1. The average Bonchev–Trinajstić information content (AvgIpc) is 2.99. The molecule has 1 aliphatic rings. The van der Waals surface area contributed by atoms with Gasteiger partial charge in [-0.2, -0.15) is 5.10 Å². The van der Waals surface area contributed by atoms with E-state index in [2.05, 4.69) is 21.0 Å². The molecule has 0 saturated heterocycles. The van der Waals surface area contributed by atoms with Gasteiger partial charge in [0.15, 0.2) is 0 Å². The first kappa shape index (κ1) is 19.9. The van der Waals surface area contributed by atoms with Gasteiger partial charge < -0.3 is 5.11 Å². The van der Waals surface area contributed by atoms with Crippen LogP contribution in [0.2, 0.25) is 0 Å². The number of hydrogen-bond acceptors (Lipinski definition) is 3. The number of nitrogens with zero attached hydrogens (tertiary/aromatic N) is 2. The van der Waals surface area contributed by atoms with Crippen molar-refractivity contribution in [2.45, 2.75) is 19.8 Å². The van der Waals surface area contributed by atoms with Crippen molar-refractivity contribution < 1.29 is 19.1 Å². The van der Waals surface area contributed by atoms with E-state index in [9.17, 15) is 19.1 Å². The Hall–Kier alpha value is -2.80. The van der Waals surface area contributed by atoms with Gasteiger partial charge in [0, 0.05) is 10.0 Å². The molecule has 1 unspecified atom stereocenters. The number of halogens is 2. The third-order valence-electron chi connectivity index (χ3n) is 4.48. The van der Waals surface area contributed by atoms with Crippen LogP contribution < -0.4 is 5.01 Å². The number of rotatable bonds is 6. The van der Waals surface area contributed by atoms with Crippen molar-refractivity contribution >= 4 is 45.3 Å². The van der Waals surface area contributed by atoms with Crippen LogP contribution in [0.25, 0.3) is 6.08 Å². The predicted molar refractivity (Wildman–Crippen MR) is 109 cm³/mol. The summed E-state index contributed by atoms with van der Waals surface area (Å²) in [5, 5.41) is 15.3. The van der Waals surface area contributed by atoms with E-state index < -0.39 is 17.7 Å². The normalized spacial score (nSPS) is 17.0. The lowest BCUT2D eigenvalue weighted by molar-refractivity contribution is -0.132. The molecule has 0 spiro atoms. The molecule has 28 heavy (non-hydrogen) atoms. The molecule has 0 fully saturated rings. The molecular weight excluding hydrogens is 427 g/mol. The highest BCUT2D eigenvalue weighted by Gasteiger charge is 2.37. The summed E-state index contributed by atoms with van der Waals surface area (Å²) in [6.07, 6.45) is 2.02. The maximum Gasteiger partial charge on any atom is 0.331 e. The monoisotopic (exact) mass is 444 g/mol. The Morgan fingerprint density at radius 1 is 1.21 bits per heavy atom. The zero-order valence-corrected chi connectivity index (χ0v) is 16.7. The Balaban J connectivity index is 1.87. The topological polar surface area (TPSA) is 70.0 Å². The zero-order chi connectivity index (χ0) is 20.3. The first-order valence-corrected chi connectivity index (χ1v) is 9.54. The molecule has 0 bridgehead atoms. The Morgan fingerprint density at radius 2 is 1.86 bits per heavy atom. The summed E-state index contributed by atoms with van der Waals surface area (Å²) < 4.78 is 14.0. The molecule has 1 atom stereocenters. The maximum atomic E-state index is 13.1. The second kappa shape index (κ2) is 8.48. The van der Waals surface area contributed by atoms with Crippen molar-refractivity contribution in [1.82, 2.24) is 0 Å². The fourth-order valence-electron chi connectivity index (χ4n) is 3.02. The number of carboxylic acids is 1. The van der Waals surface area contributed by atoms with Gasteiger partial charge in [-0.3, -0.25) is 4.79 Å². The van der Waals surface area contributed by atoms with Gasteiger partial charge in [0.05, 0.1) is 17.3 Å². The molecular formula is C21H18BrFN2O3. The largest absolute Gasteiger partial charge is 0.478 e. The molecule has 3 rings (SSSR count). The van der Waals surface area contributed by atoms with Crippen LogP contribution in [0.5, 0.6) is 0 Å². The number of hydrazone groups is 1. The number of carbonyl (C=O) groups is 2. The Bertz CT molecular complexity index is 953. The van der Waals surface area contributed by atoms with Crippen molar-refractivity contribution in [3.63, 3.8) is 0 Å². The van der Waals surface area contributed by atoms with E-state index in [4.69, 9.17) is 0 Å². The number of hydrogen-bond donors (Lipinski definition) is 1. The molecule has 0 saturated carbocycles. The molecule has 2 aromatic carbocycles. The van der Waals surface area contributed by atoms with E-state index in [1.807, 2.05) is 19.1 Å². The number of carboxylic acid groups (broad SMARTS) is 1. The highest BCUT2D eigenvalue weighted by atomic mass is 79.9. The fourth-order valence-corrected chi connectivity index (χ4v) is 3.28. The summed E-state index contributed by atoms with van der Waals surface area (Å²) in [6, 6.07) is 12.7. The highest BCUT2D eigenvalue weighted by Crippen LogP contribution is 2.30. The van der Waals surface area contributed by atoms with Crippen molar-refractivity contribution in [1.29, 1.82) is 0 Å². The lowest BCUT2D eigenvalue weighted by atomic mass is 9.92. The first-order valence-electron chi connectivity index (χ1n) is 8.75. The lowest BCUT2D eigenvalue weighted by Gasteiger charge is -2.15. The number of benzene rings is 2. The van der Waals surface area contributed by atoms with Crippen LogP contribution >= 0.6 is 15.9 Å². The van der Waals surface area contributed by atoms with Gasteiger partial charge in [0.1, 0.15) is 5.82 Å². The predicted octanol–water partition coefficient (Wildman–Crippen LogP) is 4.88. The molecule has 1 aliphatic heterocycles. The zero-order valence-electron chi connectivity index (χ0n) is 15.1. The molecule has 7 heteroatoms. The second-order valence-corrected chi connectivity index (χ2v) is 7.27. The standard InChI is InChI=1S/C21H18BrFN2O3/c1-2-19-18(20(26)25(24-19)17-9-5-15(22)6-10-17)12-14(21(27)28)11-13-3-7-16(23)8-4-13/h3-11,18H,2,12H2,1H3,(H,27,28)/b14-11-. The van der Waals surface area contributed by atoms with E-state index in [1.165, 1.54) is 35.4 Å². The van der Waals surface area contributed by atoms with Crippen LogP contribution in [-0.4, -0.2) is 22.7 Å². The smallest absolute Gasteiger partial charge is 0.331 e. The third-order valence-corrected chi connectivity index (χ3v) is 5.01. The minimum atomic E-state index is -1.12. The number of aliphatic carboxylic acids is 1. The average molecular weight is 445 g/mol. The van der Waals surface area contributed by atoms with Crippen molar-refractivity contribution in [3.05, 3.63) is 70.0 Å². The Kier molecular flexibility index (Phi) is 6.04. The highest BCUT2D eigenvalue weighted by molar-refractivity contribution is 9.10. The molecule has 1 N–H and O–H groups in total. The van der Waals surface area contributed by atoms with Gasteiger partial charge >= 0.3 is 5.97 Å². The molecule has 0 aliphatic carbocycles. The van der Waals surface area contributed by atoms with Crippen molar-refractivity contribution in [2.75, 3.05) is 5.01 Å². The SMILES string of the molecule is CCC1=NN(c2ccc(Br)cc2)C(=O)C1C/C(=C/c1ccc(F)cc1)C(=O)O. The summed E-state index contributed by atoms with van der Waals surface area (Å²) in [5.41, 5.74) is 1.90. The van der Waals surface area contributed by atoms with E-state index in [-0.39, 0.29) is 17.9 Å². The van der Waals surface area contributed by atoms with Crippen molar-refractivity contribution in [2.24, 2.45) is 11.0 Å². The molecule has 144 valence electrons. The van der Waals surface area contributed by atoms with Crippen LogP contribution in [0.3, 0.4) is 0 Å². The quantitative estimate of drug-likeness (QED) is 0.645. The number of anilines is 1. The van der Waals surface area contributed by atoms with E-state index in [0.717, 1.165) is 4.47 Å². The first-order chi connectivity index (χ1) is 13.4.